The normalized spacial score (nSPS) is 23.5. The summed E-state index contributed by atoms with van der Waals surface area (Å²) in [6.45, 7) is 6.40. The molecule has 3 unspecified atom stereocenters. The molecule has 3 atom stereocenters. The van der Waals surface area contributed by atoms with Crippen LogP contribution in [0.2, 0.25) is 0 Å². The molecule has 0 aromatic heterocycles. The van der Waals surface area contributed by atoms with E-state index in [-0.39, 0.29) is 6.04 Å². The average Bonchev–Trinajstić information content (AvgIpc) is 2.49. The van der Waals surface area contributed by atoms with Gasteiger partial charge in [-0.1, -0.05) is 36.8 Å². The second-order valence-corrected chi connectivity index (χ2v) is 5.92. The summed E-state index contributed by atoms with van der Waals surface area (Å²) in [6.07, 6.45) is 3.69. The zero-order chi connectivity index (χ0) is 14.5. The van der Waals surface area contributed by atoms with Crippen LogP contribution in [0.1, 0.15) is 43.4 Å². The number of hydrogen-bond donors (Lipinski definition) is 1. The van der Waals surface area contributed by atoms with E-state index in [1.807, 2.05) is 7.11 Å². The lowest BCUT2D eigenvalue weighted by atomic mass is 9.93. The van der Waals surface area contributed by atoms with Crippen LogP contribution in [-0.4, -0.2) is 37.2 Å². The molecule has 0 bridgehead atoms. The maximum absolute atomic E-state index is 6.42. The summed E-state index contributed by atoms with van der Waals surface area (Å²) in [7, 11) is 1.81. The van der Waals surface area contributed by atoms with E-state index in [0.717, 1.165) is 25.9 Å². The Bertz CT molecular complexity index is 404. The Hall–Kier alpha value is -0.900. The molecule has 0 radical (unpaired) electrons. The van der Waals surface area contributed by atoms with Gasteiger partial charge in [-0.15, -0.1) is 0 Å². The number of rotatable bonds is 5. The number of likely N-dealkylation sites (tertiary alicyclic amines) is 1. The summed E-state index contributed by atoms with van der Waals surface area (Å²) in [5.41, 5.74) is 9.05. The molecule has 1 aliphatic rings. The molecule has 2 N–H and O–H groups in total. The molecule has 3 nitrogen and oxygen atoms in total. The summed E-state index contributed by atoms with van der Waals surface area (Å²) >= 11 is 0. The zero-order valence-corrected chi connectivity index (χ0v) is 13.0. The number of piperidine rings is 1. The highest BCUT2D eigenvalue weighted by Crippen LogP contribution is 2.29. The van der Waals surface area contributed by atoms with Crippen LogP contribution >= 0.6 is 0 Å². The minimum atomic E-state index is 0.174. The molecular weight excluding hydrogens is 248 g/mol. The maximum Gasteiger partial charge on any atom is 0.0698 e. The average molecular weight is 276 g/mol. The maximum atomic E-state index is 6.42. The number of aryl methyl sites for hydroxylation is 1. The molecule has 0 spiro atoms. The van der Waals surface area contributed by atoms with Gasteiger partial charge in [0.2, 0.25) is 0 Å². The van der Waals surface area contributed by atoms with Gasteiger partial charge in [0.25, 0.3) is 0 Å². The van der Waals surface area contributed by atoms with Crippen molar-refractivity contribution < 1.29 is 4.74 Å². The van der Waals surface area contributed by atoms with E-state index in [1.54, 1.807) is 0 Å². The van der Waals surface area contributed by atoms with Gasteiger partial charge in [-0.3, -0.25) is 4.90 Å². The Kier molecular flexibility index (Phi) is 5.58. The molecule has 1 fully saturated rings. The first kappa shape index (κ1) is 15.5. The minimum Gasteiger partial charge on any atom is -0.380 e. The van der Waals surface area contributed by atoms with Crippen LogP contribution in [0.3, 0.4) is 0 Å². The summed E-state index contributed by atoms with van der Waals surface area (Å²) in [5, 5.41) is 0. The summed E-state index contributed by atoms with van der Waals surface area (Å²) < 4.78 is 5.56. The third-order valence-corrected chi connectivity index (χ3v) is 4.43. The molecule has 0 aliphatic carbocycles. The van der Waals surface area contributed by atoms with Crippen molar-refractivity contribution in [3.63, 3.8) is 0 Å². The summed E-state index contributed by atoms with van der Waals surface area (Å²) in [6, 6.07) is 9.30. The molecule has 112 valence electrons. The van der Waals surface area contributed by atoms with Crippen LogP contribution in [0.4, 0.5) is 0 Å². The minimum absolute atomic E-state index is 0.174. The number of hydrogen-bond acceptors (Lipinski definition) is 3. The van der Waals surface area contributed by atoms with E-state index in [0.29, 0.717) is 12.1 Å². The number of nitrogens with two attached hydrogens (primary N) is 1. The van der Waals surface area contributed by atoms with Gasteiger partial charge in [0.05, 0.1) is 6.10 Å². The van der Waals surface area contributed by atoms with Gasteiger partial charge in [-0.25, -0.2) is 0 Å². The molecule has 0 amide bonds. The Morgan fingerprint density at radius 2 is 2.05 bits per heavy atom. The van der Waals surface area contributed by atoms with Crippen molar-refractivity contribution in [1.29, 1.82) is 0 Å². The molecule has 1 aliphatic heterocycles. The highest BCUT2D eigenvalue weighted by Gasteiger charge is 2.30. The lowest BCUT2D eigenvalue weighted by molar-refractivity contribution is 0.00899. The fraction of sp³-hybridized carbons (Fsp3) is 0.647. The van der Waals surface area contributed by atoms with Gasteiger partial charge in [-0.2, -0.15) is 0 Å². The van der Waals surface area contributed by atoms with Crippen LogP contribution < -0.4 is 5.73 Å². The predicted molar refractivity (Wildman–Crippen MR) is 83.8 cm³/mol. The molecule has 3 heteroatoms. The van der Waals surface area contributed by atoms with E-state index >= 15 is 0 Å². The zero-order valence-electron chi connectivity index (χ0n) is 13.0. The number of benzene rings is 1. The predicted octanol–water partition coefficient (Wildman–Crippen LogP) is 2.88. The molecule has 1 aromatic rings. The highest BCUT2D eigenvalue weighted by atomic mass is 16.5. The van der Waals surface area contributed by atoms with Crippen molar-refractivity contribution in [2.24, 2.45) is 5.73 Å². The second-order valence-electron chi connectivity index (χ2n) is 5.92. The van der Waals surface area contributed by atoms with Crippen molar-refractivity contribution in [3.05, 3.63) is 35.4 Å². The Morgan fingerprint density at radius 3 is 2.65 bits per heavy atom. The first-order chi connectivity index (χ1) is 9.65. The molecule has 1 heterocycles. The Balaban J connectivity index is 2.20. The fourth-order valence-corrected chi connectivity index (χ4v) is 3.13. The molecule has 1 saturated heterocycles. The third kappa shape index (κ3) is 3.60. The van der Waals surface area contributed by atoms with Gasteiger partial charge < -0.3 is 10.5 Å². The Morgan fingerprint density at radius 1 is 1.35 bits per heavy atom. The van der Waals surface area contributed by atoms with Crippen LogP contribution in [0, 0.1) is 6.92 Å². The van der Waals surface area contributed by atoms with Crippen molar-refractivity contribution in [3.8, 4) is 0 Å². The van der Waals surface area contributed by atoms with Crippen molar-refractivity contribution in [2.75, 3.05) is 20.2 Å². The van der Waals surface area contributed by atoms with Crippen molar-refractivity contribution in [1.82, 2.24) is 4.90 Å². The topological polar surface area (TPSA) is 38.5 Å². The van der Waals surface area contributed by atoms with E-state index in [2.05, 4.69) is 43.0 Å². The fourth-order valence-electron chi connectivity index (χ4n) is 3.13. The van der Waals surface area contributed by atoms with Crippen molar-refractivity contribution in [2.45, 2.75) is 51.3 Å². The van der Waals surface area contributed by atoms with Gasteiger partial charge in [0.1, 0.15) is 0 Å². The van der Waals surface area contributed by atoms with E-state index in [1.165, 1.54) is 17.5 Å². The molecular formula is C17H28N2O. The highest BCUT2D eigenvalue weighted by molar-refractivity contribution is 5.25. The first-order valence-corrected chi connectivity index (χ1v) is 7.74. The molecule has 2 rings (SSSR count). The Labute approximate surface area is 123 Å². The van der Waals surface area contributed by atoms with E-state index in [9.17, 15) is 0 Å². The van der Waals surface area contributed by atoms with Gasteiger partial charge in [0.15, 0.2) is 0 Å². The third-order valence-electron chi connectivity index (χ3n) is 4.43. The van der Waals surface area contributed by atoms with Crippen LogP contribution in [0.5, 0.6) is 0 Å². The molecule has 0 saturated carbocycles. The van der Waals surface area contributed by atoms with Crippen molar-refractivity contribution >= 4 is 0 Å². The lowest BCUT2D eigenvalue weighted by Crippen LogP contribution is -2.47. The standard InChI is InChI=1S/C17H28N2O/c1-4-16(18)17(14-9-7-13(2)8-10-14)19-11-5-6-15(12-19)20-3/h7-10,15-17H,4-6,11-12,18H2,1-3H3. The summed E-state index contributed by atoms with van der Waals surface area (Å²) in [5.74, 6) is 0. The van der Waals surface area contributed by atoms with E-state index < -0.39 is 0 Å². The van der Waals surface area contributed by atoms with Crippen LogP contribution in [-0.2, 0) is 4.74 Å². The monoisotopic (exact) mass is 276 g/mol. The lowest BCUT2D eigenvalue weighted by Gasteiger charge is -2.40. The SMILES string of the molecule is CCC(N)C(c1ccc(C)cc1)N1CCCC(OC)C1. The number of methoxy groups -OCH3 is 1. The second kappa shape index (κ2) is 7.21. The largest absolute Gasteiger partial charge is 0.380 e. The van der Waals surface area contributed by atoms with E-state index in [4.69, 9.17) is 10.5 Å². The number of nitrogens with zero attached hydrogens (tertiary/aromatic N) is 1. The first-order valence-electron chi connectivity index (χ1n) is 7.74. The van der Waals surface area contributed by atoms with Gasteiger partial charge in [-0.05, 0) is 38.3 Å². The quantitative estimate of drug-likeness (QED) is 0.898. The smallest absolute Gasteiger partial charge is 0.0698 e. The van der Waals surface area contributed by atoms with Gasteiger partial charge >= 0.3 is 0 Å². The van der Waals surface area contributed by atoms with Crippen LogP contribution in [0.15, 0.2) is 24.3 Å². The molecule has 1 aromatic carbocycles. The van der Waals surface area contributed by atoms with Gasteiger partial charge in [0, 0.05) is 25.7 Å². The van der Waals surface area contributed by atoms with Crippen LogP contribution in [0.25, 0.3) is 0 Å². The molecule has 20 heavy (non-hydrogen) atoms. The number of ether oxygens (including phenoxy) is 1. The summed E-state index contributed by atoms with van der Waals surface area (Å²) in [4.78, 5) is 2.51.